The number of fused-ring (bicyclic) bond motifs is 1. The van der Waals surface area contributed by atoms with Crippen LogP contribution in [0, 0.1) is 11.7 Å². The van der Waals surface area contributed by atoms with Crippen LogP contribution in [0.5, 0.6) is 0 Å². The van der Waals surface area contributed by atoms with Crippen molar-refractivity contribution in [2.45, 2.75) is 62.3 Å². The van der Waals surface area contributed by atoms with Crippen molar-refractivity contribution in [3.63, 3.8) is 0 Å². The third kappa shape index (κ3) is 2.78. The van der Waals surface area contributed by atoms with E-state index < -0.39 is 0 Å². The van der Waals surface area contributed by atoms with Crippen molar-refractivity contribution in [3.8, 4) is 0 Å². The topological polar surface area (TPSA) is 50.9 Å². The van der Waals surface area contributed by atoms with Crippen molar-refractivity contribution in [2.75, 3.05) is 6.54 Å². The van der Waals surface area contributed by atoms with Gasteiger partial charge in [0.05, 0.1) is 12.1 Å². The Balaban J connectivity index is 1.39. The molecule has 2 aliphatic carbocycles. The number of nitrogens with zero attached hydrogens (tertiary/aromatic N) is 2. The van der Waals surface area contributed by atoms with Crippen LogP contribution in [-0.2, 0) is 11.2 Å². The van der Waals surface area contributed by atoms with Crippen LogP contribution in [0.2, 0.25) is 0 Å². The Hall–Kier alpha value is -2.40. The highest BCUT2D eigenvalue weighted by atomic mass is 19.1. The van der Waals surface area contributed by atoms with E-state index in [2.05, 4.69) is 29.2 Å². The van der Waals surface area contributed by atoms with E-state index in [-0.39, 0.29) is 29.5 Å². The fraction of sp³-hybridized carbons (Fsp3) is 0.480. The van der Waals surface area contributed by atoms with Gasteiger partial charge in [-0.25, -0.2) is 9.38 Å². The first-order valence-corrected chi connectivity index (χ1v) is 11.3. The van der Waals surface area contributed by atoms with Gasteiger partial charge in [0.15, 0.2) is 0 Å². The predicted molar refractivity (Wildman–Crippen MR) is 115 cm³/mol. The molecule has 2 N–H and O–H groups in total. The molecular weight excluding hydrogens is 377 g/mol. The lowest BCUT2D eigenvalue weighted by atomic mass is 9.64. The molecule has 156 valence electrons. The van der Waals surface area contributed by atoms with E-state index in [1.54, 1.807) is 12.1 Å². The summed E-state index contributed by atoms with van der Waals surface area (Å²) >= 11 is 0. The zero-order valence-electron chi connectivity index (χ0n) is 17.1. The summed E-state index contributed by atoms with van der Waals surface area (Å²) < 4.78 is 20.3. The van der Waals surface area contributed by atoms with Gasteiger partial charge in [-0.05, 0) is 54.0 Å². The molecule has 4 aliphatic rings. The average molecular weight is 406 g/mol. The van der Waals surface area contributed by atoms with E-state index in [1.165, 1.54) is 30.4 Å². The number of rotatable bonds is 2. The van der Waals surface area contributed by atoms with Gasteiger partial charge in [0, 0.05) is 25.4 Å². The lowest BCUT2D eigenvalue weighted by Crippen LogP contribution is -2.60. The molecule has 5 heteroatoms. The molecule has 2 aromatic carbocycles. The second kappa shape index (κ2) is 6.81. The standard InChI is InChI=1S/C25H28FN3O/c26-19-10-8-17(9-11-19)22-21-7-2-1-4-16(21)12-13-29(22)24-28-23(18-5-3-6-18)25(30-24)14-20(27)15-25/h1-2,4,7-11,18,20,22-23H,3,5-6,12-15,27H2/t20?,22-,23?,25?/m0/s1. The maximum absolute atomic E-state index is 13.7. The van der Waals surface area contributed by atoms with Crippen LogP contribution in [0.4, 0.5) is 4.39 Å². The van der Waals surface area contributed by atoms with E-state index >= 15 is 0 Å². The normalized spacial score (nSPS) is 32.8. The van der Waals surface area contributed by atoms with Crippen LogP contribution >= 0.6 is 0 Å². The summed E-state index contributed by atoms with van der Waals surface area (Å²) in [4.78, 5) is 7.51. The third-order valence-electron chi connectivity index (χ3n) is 7.61. The molecule has 2 atom stereocenters. The minimum absolute atomic E-state index is 0.0137. The Morgan fingerprint density at radius 2 is 1.83 bits per heavy atom. The van der Waals surface area contributed by atoms with Crippen LogP contribution in [-0.4, -0.2) is 35.2 Å². The smallest absolute Gasteiger partial charge is 0.289 e. The van der Waals surface area contributed by atoms with Gasteiger partial charge in [-0.15, -0.1) is 0 Å². The minimum atomic E-state index is -0.212. The highest BCUT2D eigenvalue weighted by Gasteiger charge is 2.59. The highest BCUT2D eigenvalue weighted by Crippen LogP contribution is 2.51. The minimum Gasteiger partial charge on any atom is -0.456 e. The highest BCUT2D eigenvalue weighted by molar-refractivity contribution is 5.78. The fourth-order valence-corrected chi connectivity index (χ4v) is 5.86. The Morgan fingerprint density at radius 3 is 2.53 bits per heavy atom. The maximum atomic E-state index is 13.7. The van der Waals surface area contributed by atoms with Gasteiger partial charge in [0.25, 0.3) is 6.02 Å². The number of hydrogen-bond donors (Lipinski definition) is 1. The molecule has 2 aromatic rings. The second-order valence-corrected chi connectivity index (χ2v) is 9.48. The number of nitrogens with two attached hydrogens (primary N) is 1. The molecule has 6 rings (SSSR count). The van der Waals surface area contributed by atoms with E-state index in [9.17, 15) is 4.39 Å². The Labute approximate surface area is 176 Å². The number of ether oxygens (including phenoxy) is 1. The molecule has 0 aromatic heterocycles. The lowest BCUT2D eigenvalue weighted by Gasteiger charge is -2.49. The quantitative estimate of drug-likeness (QED) is 0.815. The second-order valence-electron chi connectivity index (χ2n) is 9.48. The van der Waals surface area contributed by atoms with Crippen molar-refractivity contribution >= 4 is 6.02 Å². The van der Waals surface area contributed by atoms with E-state index in [4.69, 9.17) is 15.5 Å². The number of amidine groups is 1. The summed E-state index contributed by atoms with van der Waals surface area (Å²) in [7, 11) is 0. The third-order valence-corrected chi connectivity index (χ3v) is 7.61. The predicted octanol–water partition coefficient (Wildman–Crippen LogP) is 4.19. The largest absolute Gasteiger partial charge is 0.456 e. The number of hydrogen-bond acceptors (Lipinski definition) is 4. The molecule has 0 amide bonds. The Morgan fingerprint density at radius 1 is 1.07 bits per heavy atom. The first-order valence-electron chi connectivity index (χ1n) is 11.3. The van der Waals surface area contributed by atoms with Gasteiger partial charge < -0.3 is 15.4 Å². The Bertz CT molecular complexity index is 978. The zero-order valence-corrected chi connectivity index (χ0v) is 17.1. The van der Waals surface area contributed by atoms with Crippen molar-refractivity contribution < 1.29 is 9.13 Å². The van der Waals surface area contributed by atoms with Crippen LogP contribution in [0.25, 0.3) is 0 Å². The monoisotopic (exact) mass is 405 g/mol. The van der Waals surface area contributed by atoms with Gasteiger partial charge >= 0.3 is 0 Å². The summed E-state index contributed by atoms with van der Waals surface area (Å²) in [6.07, 6.45) is 6.53. The first-order chi connectivity index (χ1) is 14.6. The lowest BCUT2D eigenvalue weighted by molar-refractivity contribution is -0.0636. The molecule has 1 unspecified atom stereocenters. The summed E-state index contributed by atoms with van der Waals surface area (Å²) in [6, 6.07) is 16.6. The van der Waals surface area contributed by atoms with Crippen LogP contribution < -0.4 is 5.73 Å². The average Bonchev–Trinajstić information content (AvgIpc) is 3.06. The number of benzene rings is 2. The van der Waals surface area contributed by atoms with Crippen molar-refractivity contribution in [1.29, 1.82) is 0 Å². The van der Waals surface area contributed by atoms with Gasteiger partial charge in [0.1, 0.15) is 11.4 Å². The van der Waals surface area contributed by atoms with E-state index in [1.807, 2.05) is 12.1 Å². The van der Waals surface area contributed by atoms with E-state index in [0.717, 1.165) is 37.4 Å². The van der Waals surface area contributed by atoms with Gasteiger partial charge in [-0.1, -0.05) is 42.8 Å². The molecule has 0 radical (unpaired) electrons. The molecule has 4 nitrogen and oxygen atoms in total. The van der Waals surface area contributed by atoms with Crippen LogP contribution in [0.3, 0.4) is 0 Å². The number of halogens is 1. The molecule has 2 aliphatic heterocycles. The summed E-state index contributed by atoms with van der Waals surface area (Å²) in [5.41, 5.74) is 9.66. The van der Waals surface area contributed by atoms with Crippen molar-refractivity contribution in [1.82, 2.24) is 4.90 Å². The molecule has 30 heavy (non-hydrogen) atoms. The molecule has 0 saturated heterocycles. The first kappa shape index (κ1) is 18.4. The molecule has 0 bridgehead atoms. The molecule has 2 saturated carbocycles. The van der Waals surface area contributed by atoms with Crippen LogP contribution in [0.15, 0.2) is 53.5 Å². The fourth-order valence-electron chi connectivity index (χ4n) is 5.86. The van der Waals surface area contributed by atoms with Crippen molar-refractivity contribution in [3.05, 3.63) is 71.0 Å². The van der Waals surface area contributed by atoms with Gasteiger partial charge in [-0.3, -0.25) is 0 Å². The zero-order chi connectivity index (χ0) is 20.3. The summed E-state index contributed by atoms with van der Waals surface area (Å²) in [5.74, 6) is 0.410. The Kier molecular flexibility index (Phi) is 4.17. The molecule has 2 heterocycles. The van der Waals surface area contributed by atoms with Gasteiger partial charge in [-0.2, -0.15) is 0 Å². The number of aliphatic imine (C=N–C) groups is 1. The molecule has 2 fully saturated rings. The van der Waals surface area contributed by atoms with Gasteiger partial charge in [0.2, 0.25) is 0 Å². The SMILES string of the molecule is NC1CC2(C1)OC(N1CCc3ccccc3[C@@H]1c1ccc(F)cc1)=NC2C1CCC1. The van der Waals surface area contributed by atoms with Crippen molar-refractivity contribution in [2.24, 2.45) is 16.6 Å². The molecular formula is C25H28FN3O. The van der Waals surface area contributed by atoms with E-state index in [0.29, 0.717) is 5.92 Å². The van der Waals surface area contributed by atoms with Crippen LogP contribution in [0.1, 0.15) is 54.8 Å². The maximum Gasteiger partial charge on any atom is 0.289 e. The summed E-state index contributed by atoms with van der Waals surface area (Å²) in [5, 5.41) is 0. The molecule has 1 spiro atoms. The summed E-state index contributed by atoms with van der Waals surface area (Å²) in [6.45, 7) is 0.845.